The zero-order valence-corrected chi connectivity index (χ0v) is 17.0. The predicted molar refractivity (Wildman–Crippen MR) is 119 cm³/mol. The minimum absolute atomic E-state index is 0.0536. The van der Waals surface area contributed by atoms with Gasteiger partial charge >= 0.3 is 0 Å². The summed E-state index contributed by atoms with van der Waals surface area (Å²) in [5, 5.41) is 14.2. The molecule has 0 radical (unpaired) electrons. The van der Waals surface area contributed by atoms with Gasteiger partial charge in [0.2, 0.25) is 0 Å². The molecule has 0 saturated heterocycles. The molecule has 146 valence electrons. The van der Waals surface area contributed by atoms with Gasteiger partial charge in [-0.2, -0.15) is 0 Å². The summed E-state index contributed by atoms with van der Waals surface area (Å²) in [4.78, 5) is 17.3. The number of hydrogen-bond acceptors (Lipinski definition) is 3. The molecule has 2 aromatic carbocycles. The number of thiocarbonyl (C=S) groups is 1. The SMILES string of the molecule is CCc1ccccc1NC(=S)N(CCO)Cc1cc2ccc(C)cc2[nH]c1=O. The van der Waals surface area contributed by atoms with Gasteiger partial charge in [-0.25, -0.2) is 0 Å². The lowest BCUT2D eigenvalue weighted by molar-refractivity contribution is 0.248. The van der Waals surface area contributed by atoms with Gasteiger partial charge in [-0.3, -0.25) is 4.79 Å². The van der Waals surface area contributed by atoms with E-state index < -0.39 is 0 Å². The van der Waals surface area contributed by atoms with Crippen LogP contribution in [0.2, 0.25) is 0 Å². The Labute approximate surface area is 170 Å². The number of aliphatic hydroxyl groups is 1. The van der Waals surface area contributed by atoms with Crippen molar-refractivity contribution in [2.24, 2.45) is 0 Å². The Morgan fingerprint density at radius 2 is 1.96 bits per heavy atom. The molecule has 3 aromatic rings. The van der Waals surface area contributed by atoms with Crippen molar-refractivity contribution in [2.45, 2.75) is 26.8 Å². The molecule has 0 bridgehead atoms. The van der Waals surface area contributed by atoms with Gasteiger partial charge in [-0.1, -0.05) is 37.3 Å². The molecule has 0 saturated carbocycles. The topological polar surface area (TPSA) is 68.4 Å². The monoisotopic (exact) mass is 395 g/mol. The fraction of sp³-hybridized carbons (Fsp3) is 0.273. The molecule has 1 heterocycles. The van der Waals surface area contributed by atoms with Crippen LogP contribution in [0.4, 0.5) is 5.69 Å². The largest absolute Gasteiger partial charge is 0.395 e. The summed E-state index contributed by atoms with van der Waals surface area (Å²) in [5.74, 6) is 0. The number of fused-ring (bicyclic) bond motifs is 1. The van der Waals surface area contributed by atoms with Crippen molar-refractivity contribution < 1.29 is 5.11 Å². The number of nitrogens with zero attached hydrogens (tertiary/aromatic N) is 1. The Morgan fingerprint density at radius 3 is 2.71 bits per heavy atom. The van der Waals surface area contributed by atoms with Crippen molar-refractivity contribution in [3.63, 3.8) is 0 Å². The molecule has 0 aliphatic rings. The normalized spacial score (nSPS) is 10.8. The molecular weight excluding hydrogens is 370 g/mol. The number of H-pyrrole nitrogens is 1. The second-order valence-corrected chi connectivity index (χ2v) is 7.19. The molecule has 5 nitrogen and oxygen atoms in total. The molecule has 0 atom stereocenters. The number of aromatic amines is 1. The number of para-hydroxylation sites is 1. The van der Waals surface area contributed by atoms with E-state index in [2.05, 4.69) is 23.3 Å². The van der Waals surface area contributed by atoms with Crippen LogP contribution in [0.5, 0.6) is 0 Å². The third kappa shape index (κ3) is 4.58. The molecule has 0 amide bonds. The molecule has 1 aromatic heterocycles. The van der Waals surface area contributed by atoms with Crippen LogP contribution in [0.3, 0.4) is 0 Å². The number of anilines is 1. The maximum Gasteiger partial charge on any atom is 0.253 e. The highest BCUT2D eigenvalue weighted by Crippen LogP contribution is 2.17. The molecule has 6 heteroatoms. The van der Waals surface area contributed by atoms with Crippen LogP contribution in [-0.2, 0) is 13.0 Å². The van der Waals surface area contributed by atoms with Crippen molar-refractivity contribution in [1.82, 2.24) is 9.88 Å². The zero-order valence-electron chi connectivity index (χ0n) is 16.2. The molecule has 3 rings (SSSR count). The third-order valence-corrected chi connectivity index (χ3v) is 5.10. The first-order valence-corrected chi connectivity index (χ1v) is 9.80. The minimum Gasteiger partial charge on any atom is -0.395 e. The number of rotatable bonds is 6. The minimum atomic E-state index is -0.141. The number of benzene rings is 2. The summed E-state index contributed by atoms with van der Waals surface area (Å²) in [6, 6.07) is 15.8. The second-order valence-electron chi connectivity index (χ2n) is 6.80. The lowest BCUT2D eigenvalue weighted by Crippen LogP contribution is -2.38. The summed E-state index contributed by atoms with van der Waals surface area (Å²) in [7, 11) is 0. The van der Waals surface area contributed by atoms with Crippen molar-refractivity contribution in [1.29, 1.82) is 0 Å². The van der Waals surface area contributed by atoms with Gasteiger partial charge < -0.3 is 20.3 Å². The van der Waals surface area contributed by atoms with E-state index in [1.54, 1.807) is 0 Å². The van der Waals surface area contributed by atoms with E-state index in [0.29, 0.717) is 23.8 Å². The fourth-order valence-corrected chi connectivity index (χ4v) is 3.47. The number of hydrogen-bond donors (Lipinski definition) is 3. The van der Waals surface area contributed by atoms with E-state index in [-0.39, 0.29) is 12.2 Å². The predicted octanol–water partition coefficient (Wildman–Crippen LogP) is 3.59. The summed E-state index contributed by atoms with van der Waals surface area (Å²) >= 11 is 5.58. The number of nitrogens with one attached hydrogen (secondary N) is 2. The first-order chi connectivity index (χ1) is 13.5. The van der Waals surface area contributed by atoms with Gasteiger partial charge in [0.05, 0.1) is 13.2 Å². The fourth-order valence-electron chi connectivity index (χ4n) is 3.20. The summed E-state index contributed by atoms with van der Waals surface area (Å²) in [6.45, 7) is 4.69. The van der Waals surface area contributed by atoms with Crippen LogP contribution in [0.25, 0.3) is 10.9 Å². The van der Waals surface area contributed by atoms with Crippen molar-refractivity contribution in [2.75, 3.05) is 18.5 Å². The molecule has 0 aliphatic carbocycles. The smallest absolute Gasteiger partial charge is 0.253 e. The maximum absolute atomic E-state index is 12.6. The van der Waals surface area contributed by atoms with Crippen LogP contribution in [0, 0.1) is 6.92 Å². The second kappa shape index (κ2) is 8.99. The van der Waals surface area contributed by atoms with Crippen LogP contribution in [-0.4, -0.2) is 33.3 Å². The molecule has 0 unspecified atom stereocenters. The van der Waals surface area contributed by atoms with Gasteiger partial charge in [0.25, 0.3) is 5.56 Å². The Balaban J connectivity index is 1.85. The third-order valence-electron chi connectivity index (χ3n) is 4.74. The Hall–Kier alpha value is -2.70. The van der Waals surface area contributed by atoms with Crippen LogP contribution < -0.4 is 10.9 Å². The van der Waals surface area contributed by atoms with Crippen LogP contribution in [0.15, 0.2) is 53.3 Å². The summed E-state index contributed by atoms with van der Waals surface area (Å²) < 4.78 is 0. The van der Waals surface area contributed by atoms with E-state index >= 15 is 0 Å². The van der Waals surface area contributed by atoms with Gasteiger partial charge in [0.15, 0.2) is 5.11 Å². The standard InChI is InChI=1S/C22H25N3O2S/c1-3-16-6-4-5-7-19(16)24-22(28)25(10-11-26)14-18-13-17-9-8-15(2)12-20(17)23-21(18)27/h4-9,12-13,26H,3,10-11,14H2,1-2H3,(H,23,27)(H,24,28). The van der Waals surface area contributed by atoms with Crippen molar-refractivity contribution >= 4 is 33.9 Å². The molecule has 0 spiro atoms. The zero-order chi connectivity index (χ0) is 20.1. The van der Waals surface area contributed by atoms with E-state index in [4.69, 9.17) is 12.2 Å². The van der Waals surface area contributed by atoms with Crippen LogP contribution >= 0.6 is 12.2 Å². The molecule has 0 aliphatic heterocycles. The molecule has 0 fully saturated rings. The highest BCUT2D eigenvalue weighted by molar-refractivity contribution is 7.80. The number of aryl methyl sites for hydroxylation is 2. The van der Waals surface area contributed by atoms with Crippen molar-refractivity contribution in [3.8, 4) is 0 Å². The first-order valence-electron chi connectivity index (χ1n) is 9.39. The Morgan fingerprint density at radius 1 is 1.18 bits per heavy atom. The lowest BCUT2D eigenvalue weighted by atomic mass is 10.1. The summed E-state index contributed by atoms with van der Waals surface area (Å²) in [5.41, 5.74) is 4.49. The van der Waals surface area contributed by atoms with E-state index in [1.807, 2.05) is 54.3 Å². The van der Waals surface area contributed by atoms with E-state index in [1.165, 1.54) is 0 Å². The van der Waals surface area contributed by atoms with Gasteiger partial charge in [-0.15, -0.1) is 0 Å². The lowest BCUT2D eigenvalue weighted by Gasteiger charge is -2.25. The first kappa shape index (κ1) is 20.0. The Kier molecular flexibility index (Phi) is 6.44. The quantitative estimate of drug-likeness (QED) is 0.557. The van der Waals surface area contributed by atoms with Crippen molar-refractivity contribution in [3.05, 3.63) is 75.6 Å². The number of pyridine rings is 1. The van der Waals surface area contributed by atoms with E-state index in [9.17, 15) is 9.90 Å². The average Bonchev–Trinajstić information content (AvgIpc) is 2.68. The molecule has 3 N–H and O–H groups in total. The highest BCUT2D eigenvalue weighted by atomic mass is 32.1. The Bertz CT molecular complexity index is 1050. The number of aromatic nitrogens is 1. The van der Waals surface area contributed by atoms with E-state index in [0.717, 1.165) is 34.1 Å². The van der Waals surface area contributed by atoms with Crippen LogP contribution in [0.1, 0.15) is 23.6 Å². The summed E-state index contributed by atoms with van der Waals surface area (Å²) in [6.07, 6.45) is 0.884. The van der Waals surface area contributed by atoms with Gasteiger partial charge in [0, 0.05) is 23.3 Å². The molecule has 28 heavy (non-hydrogen) atoms. The number of aliphatic hydroxyl groups excluding tert-OH is 1. The molecular formula is C22H25N3O2S. The maximum atomic E-state index is 12.6. The van der Waals surface area contributed by atoms with Gasteiger partial charge in [0.1, 0.15) is 0 Å². The average molecular weight is 396 g/mol. The van der Waals surface area contributed by atoms with Gasteiger partial charge in [-0.05, 0) is 60.3 Å². The highest BCUT2D eigenvalue weighted by Gasteiger charge is 2.14.